The molecule has 0 amide bonds. The van der Waals surface area contributed by atoms with E-state index >= 15 is 0 Å². The highest BCUT2D eigenvalue weighted by molar-refractivity contribution is 9.10. The van der Waals surface area contributed by atoms with Crippen LogP contribution in [0, 0.1) is 6.92 Å². The van der Waals surface area contributed by atoms with Crippen molar-refractivity contribution >= 4 is 21.9 Å². The minimum atomic E-state index is -2.78. The van der Waals surface area contributed by atoms with Gasteiger partial charge in [-0.3, -0.25) is 0 Å². The zero-order valence-electron chi connectivity index (χ0n) is 8.05. The van der Waals surface area contributed by atoms with Gasteiger partial charge in [-0.25, -0.2) is 18.6 Å². The van der Waals surface area contributed by atoms with Crippen LogP contribution in [0.4, 0.5) is 8.78 Å². The van der Waals surface area contributed by atoms with Gasteiger partial charge in [-0.05, 0) is 28.9 Å². The number of alkyl halides is 2. The molecule has 15 heavy (non-hydrogen) atoms. The summed E-state index contributed by atoms with van der Waals surface area (Å²) >= 11 is 2.90. The minimum absolute atomic E-state index is 0.0297. The summed E-state index contributed by atoms with van der Waals surface area (Å²) in [4.78, 5) is 15.0. The zero-order chi connectivity index (χ0) is 11.6. The minimum Gasteiger partial charge on any atom is -0.465 e. The highest BCUT2D eigenvalue weighted by Gasteiger charge is 2.23. The van der Waals surface area contributed by atoms with Gasteiger partial charge in [0.15, 0.2) is 0 Å². The Kier molecular flexibility index (Phi) is 3.73. The maximum absolute atomic E-state index is 12.6. The Morgan fingerprint density at radius 1 is 1.60 bits per heavy atom. The highest BCUT2D eigenvalue weighted by atomic mass is 79.9. The number of pyridine rings is 1. The number of aryl methyl sites for hydroxylation is 1. The van der Waals surface area contributed by atoms with Gasteiger partial charge in [-0.2, -0.15) is 0 Å². The number of carbonyl (C=O) groups excluding carboxylic acids is 1. The molecule has 0 radical (unpaired) electrons. The van der Waals surface area contributed by atoms with E-state index < -0.39 is 18.0 Å². The largest absolute Gasteiger partial charge is 0.465 e. The number of methoxy groups -OCH3 is 1. The quantitative estimate of drug-likeness (QED) is 0.617. The maximum Gasteiger partial charge on any atom is 0.338 e. The van der Waals surface area contributed by atoms with Crippen molar-refractivity contribution in [3.8, 4) is 0 Å². The lowest BCUT2D eigenvalue weighted by atomic mass is 10.1. The van der Waals surface area contributed by atoms with Crippen LogP contribution < -0.4 is 0 Å². The van der Waals surface area contributed by atoms with Crippen LogP contribution in [0.2, 0.25) is 0 Å². The van der Waals surface area contributed by atoms with Gasteiger partial charge in [0, 0.05) is 5.69 Å². The van der Waals surface area contributed by atoms with Gasteiger partial charge >= 0.3 is 5.97 Å². The van der Waals surface area contributed by atoms with E-state index in [2.05, 4.69) is 25.7 Å². The normalized spacial score (nSPS) is 10.5. The molecule has 0 aromatic carbocycles. The first-order valence-electron chi connectivity index (χ1n) is 4.01. The second-order valence-electron chi connectivity index (χ2n) is 2.81. The number of ether oxygens (including phenoxy) is 1. The van der Waals surface area contributed by atoms with Crippen LogP contribution in [0.25, 0.3) is 0 Å². The van der Waals surface area contributed by atoms with Crippen molar-refractivity contribution in [3.63, 3.8) is 0 Å². The molecule has 0 fully saturated rings. The van der Waals surface area contributed by atoms with Crippen LogP contribution in [0.5, 0.6) is 0 Å². The molecule has 0 N–H and O–H groups in total. The SMILES string of the molecule is COC(=O)c1cc(C)nc(Br)c1C(F)F. The number of halogens is 3. The molecule has 3 nitrogen and oxygen atoms in total. The Morgan fingerprint density at radius 2 is 2.20 bits per heavy atom. The van der Waals surface area contributed by atoms with Crippen LogP contribution in [0.15, 0.2) is 10.7 Å². The van der Waals surface area contributed by atoms with Crippen molar-refractivity contribution < 1.29 is 18.3 Å². The molecule has 0 spiro atoms. The number of hydrogen-bond donors (Lipinski definition) is 0. The van der Waals surface area contributed by atoms with Gasteiger partial charge in [-0.15, -0.1) is 0 Å². The number of hydrogen-bond acceptors (Lipinski definition) is 3. The molecule has 1 heterocycles. The topological polar surface area (TPSA) is 39.2 Å². The van der Waals surface area contributed by atoms with Crippen LogP contribution in [0.1, 0.15) is 28.0 Å². The molecule has 0 aliphatic rings. The van der Waals surface area contributed by atoms with Gasteiger partial charge in [0.25, 0.3) is 6.43 Å². The van der Waals surface area contributed by atoms with E-state index in [9.17, 15) is 13.6 Å². The van der Waals surface area contributed by atoms with E-state index in [-0.39, 0.29) is 10.2 Å². The molecule has 0 aliphatic heterocycles. The third-order valence-corrected chi connectivity index (χ3v) is 2.37. The summed E-state index contributed by atoms with van der Waals surface area (Å²) in [6.07, 6.45) is -2.78. The van der Waals surface area contributed by atoms with Crippen LogP contribution in [0.3, 0.4) is 0 Å². The smallest absolute Gasteiger partial charge is 0.338 e. The van der Waals surface area contributed by atoms with Crippen LogP contribution in [-0.4, -0.2) is 18.1 Å². The first kappa shape index (κ1) is 12.0. The summed E-state index contributed by atoms with van der Waals surface area (Å²) in [7, 11) is 1.14. The maximum atomic E-state index is 12.6. The third-order valence-electron chi connectivity index (χ3n) is 1.76. The fourth-order valence-electron chi connectivity index (χ4n) is 1.13. The molecule has 0 bridgehead atoms. The standard InChI is InChI=1S/C9H8BrF2NO2/c1-4-3-5(9(14)15-2)6(8(11)12)7(10)13-4/h3,8H,1-2H3. The molecule has 6 heteroatoms. The summed E-state index contributed by atoms with van der Waals surface area (Å²) in [5, 5.41) is 0. The van der Waals surface area contributed by atoms with Crippen LogP contribution in [-0.2, 0) is 4.74 Å². The summed E-state index contributed by atoms with van der Waals surface area (Å²) in [6, 6.07) is 1.28. The molecule has 0 saturated carbocycles. The second-order valence-corrected chi connectivity index (χ2v) is 3.56. The molecule has 0 saturated heterocycles. The Labute approximate surface area is 93.6 Å². The lowest BCUT2D eigenvalue weighted by Crippen LogP contribution is -2.08. The number of carbonyl (C=O) groups is 1. The van der Waals surface area contributed by atoms with Crippen molar-refractivity contribution in [2.75, 3.05) is 7.11 Å². The van der Waals surface area contributed by atoms with Crippen molar-refractivity contribution in [2.24, 2.45) is 0 Å². The van der Waals surface area contributed by atoms with Crippen molar-refractivity contribution in [2.45, 2.75) is 13.3 Å². The molecule has 0 atom stereocenters. The first-order chi connectivity index (χ1) is 6.97. The second kappa shape index (κ2) is 4.65. The number of esters is 1. The monoisotopic (exact) mass is 279 g/mol. The fourth-order valence-corrected chi connectivity index (χ4v) is 1.80. The van der Waals surface area contributed by atoms with E-state index in [1.54, 1.807) is 6.92 Å². The lowest BCUT2D eigenvalue weighted by molar-refractivity contribution is 0.0588. The summed E-state index contributed by atoms with van der Waals surface area (Å²) in [6.45, 7) is 1.60. The zero-order valence-corrected chi connectivity index (χ0v) is 9.64. The Bertz CT molecular complexity index is 396. The predicted octanol–water partition coefficient (Wildman–Crippen LogP) is 2.88. The van der Waals surface area contributed by atoms with Gasteiger partial charge in [-0.1, -0.05) is 0 Å². The number of rotatable bonds is 2. The van der Waals surface area contributed by atoms with Gasteiger partial charge in [0.1, 0.15) is 4.60 Å². The number of nitrogens with zero attached hydrogens (tertiary/aromatic N) is 1. The van der Waals surface area contributed by atoms with Crippen molar-refractivity contribution in [1.82, 2.24) is 4.98 Å². The van der Waals surface area contributed by atoms with E-state index in [0.717, 1.165) is 7.11 Å². The third kappa shape index (κ3) is 2.50. The van der Waals surface area contributed by atoms with Crippen LogP contribution >= 0.6 is 15.9 Å². The average Bonchev–Trinajstić information content (AvgIpc) is 2.14. The van der Waals surface area contributed by atoms with Crippen molar-refractivity contribution in [3.05, 3.63) is 27.5 Å². The Hall–Kier alpha value is -1.04. The molecular formula is C9H8BrF2NO2. The molecule has 0 unspecified atom stereocenters. The van der Waals surface area contributed by atoms with E-state index in [1.165, 1.54) is 6.07 Å². The average molecular weight is 280 g/mol. The first-order valence-corrected chi connectivity index (χ1v) is 4.80. The fraction of sp³-hybridized carbons (Fsp3) is 0.333. The summed E-state index contributed by atoms with van der Waals surface area (Å²) in [5.41, 5.74) is -0.133. The Balaban J connectivity index is 3.40. The summed E-state index contributed by atoms with van der Waals surface area (Å²) < 4.78 is 29.7. The molecule has 82 valence electrons. The predicted molar refractivity (Wildman–Crippen MR) is 53.0 cm³/mol. The number of aromatic nitrogens is 1. The highest BCUT2D eigenvalue weighted by Crippen LogP contribution is 2.30. The Morgan fingerprint density at radius 3 is 2.67 bits per heavy atom. The molecule has 1 aromatic rings. The van der Waals surface area contributed by atoms with Gasteiger partial charge < -0.3 is 4.74 Å². The molecule has 1 aromatic heterocycles. The lowest BCUT2D eigenvalue weighted by Gasteiger charge is -2.09. The van der Waals surface area contributed by atoms with Gasteiger partial charge in [0.2, 0.25) is 0 Å². The van der Waals surface area contributed by atoms with E-state index in [4.69, 9.17) is 0 Å². The molecule has 0 aliphatic carbocycles. The van der Waals surface area contributed by atoms with Gasteiger partial charge in [0.05, 0.1) is 18.2 Å². The van der Waals surface area contributed by atoms with E-state index in [0.29, 0.717) is 5.69 Å². The van der Waals surface area contributed by atoms with Crippen molar-refractivity contribution in [1.29, 1.82) is 0 Å². The van der Waals surface area contributed by atoms with E-state index in [1.807, 2.05) is 0 Å². The summed E-state index contributed by atoms with van der Waals surface area (Å²) in [5.74, 6) is -0.795. The molecule has 1 rings (SSSR count). The molecular weight excluding hydrogens is 272 g/mol.